The highest BCUT2D eigenvalue weighted by Gasteiger charge is 2.07. The average Bonchev–Trinajstić information content (AvgIpc) is 2.78. The molecule has 18 heavy (non-hydrogen) atoms. The highest BCUT2D eigenvalue weighted by molar-refractivity contribution is 5.88. The number of rotatable bonds is 5. The maximum atomic E-state index is 11.7. The Morgan fingerprint density at radius 2 is 2.22 bits per heavy atom. The zero-order valence-electron chi connectivity index (χ0n) is 10.1. The van der Waals surface area contributed by atoms with Gasteiger partial charge in [0.1, 0.15) is 0 Å². The van der Waals surface area contributed by atoms with Gasteiger partial charge in [-0.1, -0.05) is 18.2 Å². The van der Waals surface area contributed by atoms with Crippen LogP contribution < -0.4 is 5.32 Å². The molecule has 1 heterocycles. The maximum absolute atomic E-state index is 11.7. The van der Waals surface area contributed by atoms with Gasteiger partial charge in [0, 0.05) is 30.1 Å². The standard InChI is InChI=1S/C14H15N3O/c15-7-3-4-8-16-14(18)9-11-10-17-13-6-2-1-5-12(11)13/h1-2,5-6,10,17H,3-4,8-9H2,(H,16,18). The third-order valence-electron chi connectivity index (χ3n) is 2.81. The van der Waals surface area contributed by atoms with E-state index in [9.17, 15) is 4.79 Å². The van der Waals surface area contributed by atoms with Crippen LogP contribution in [0.5, 0.6) is 0 Å². The Hall–Kier alpha value is -2.28. The summed E-state index contributed by atoms with van der Waals surface area (Å²) in [5, 5.41) is 12.3. The average molecular weight is 241 g/mol. The quantitative estimate of drug-likeness (QED) is 0.787. The molecule has 0 saturated carbocycles. The lowest BCUT2D eigenvalue weighted by molar-refractivity contribution is -0.120. The van der Waals surface area contributed by atoms with Crippen LogP contribution >= 0.6 is 0 Å². The highest BCUT2D eigenvalue weighted by Crippen LogP contribution is 2.17. The monoisotopic (exact) mass is 241 g/mol. The van der Waals surface area contributed by atoms with Crippen LogP contribution in [0.1, 0.15) is 18.4 Å². The Morgan fingerprint density at radius 1 is 1.39 bits per heavy atom. The second kappa shape index (κ2) is 5.87. The van der Waals surface area contributed by atoms with Crippen molar-refractivity contribution in [3.8, 4) is 6.07 Å². The van der Waals surface area contributed by atoms with Crippen molar-refractivity contribution in [2.75, 3.05) is 6.54 Å². The number of H-pyrrole nitrogens is 1. The van der Waals surface area contributed by atoms with Crippen LogP contribution in [0.3, 0.4) is 0 Å². The van der Waals surface area contributed by atoms with E-state index in [1.165, 1.54) is 0 Å². The molecule has 0 saturated heterocycles. The van der Waals surface area contributed by atoms with E-state index in [1.807, 2.05) is 30.5 Å². The Bertz CT molecular complexity index is 580. The molecule has 0 atom stereocenters. The first kappa shape index (κ1) is 12.2. The van der Waals surface area contributed by atoms with Crippen molar-refractivity contribution in [2.45, 2.75) is 19.3 Å². The third-order valence-corrected chi connectivity index (χ3v) is 2.81. The number of amides is 1. The van der Waals surface area contributed by atoms with Gasteiger partial charge in [0.05, 0.1) is 12.5 Å². The summed E-state index contributed by atoms with van der Waals surface area (Å²) in [7, 11) is 0. The van der Waals surface area contributed by atoms with Crippen molar-refractivity contribution < 1.29 is 4.79 Å². The van der Waals surface area contributed by atoms with E-state index in [0.717, 1.165) is 16.5 Å². The molecule has 1 amide bonds. The summed E-state index contributed by atoms with van der Waals surface area (Å²) >= 11 is 0. The van der Waals surface area contributed by atoms with Crippen molar-refractivity contribution in [3.63, 3.8) is 0 Å². The number of hydrogen-bond donors (Lipinski definition) is 2. The summed E-state index contributed by atoms with van der Waals surface area (Å²) in [6.45, 7) is 0.564. The number of nitrogens with zero attached hydrogens (tertiary/aromatic N) is 1. The van der Waals surface area contributed by atoms with Gasteiger partial charge in [-0.05, 0) is 18.1 Å². The second-order valence-corrected chi connectivity index (χ2v) is 4.15. The van der Waals surface area contributed by atoms with Crippen LogP contribution in [-0.2, 0) is 11.2 Å². The van der Waals surface area contributed by atoms with Gasteiger partial charge in [0.2, 0.25) is 5.91 Å². The van der Waals surface area contributed by atoms with Crippen LogP contribution in [0.15, 0.2) is 30.5 Å². The predicted molar refractivity (Wildman–Crippen MR) is 69.9 cm³/mol. The van der Waals surface area contributed by atoms with Crippen molar-refractivity contribution in [1.82, 2.24) is 10.3 Å². The summed E-state index contributed by atoms with van der Waals surface area (Å²) < 4.78 is 0. The van der Waals surface area contributed by atoms with E-state index < -0.39 is 0 Å². The number of carbonyl (C=O) groups is 1. The predicted octanol–water partition coefficient (Wildman–Crippen LogP) is 2.13. The molecule has 4 nitrogen and oxygen atoms in total. The Kier molecular flexibility index (Phi) is 3.98. The van der Waals surface area contributed by atoms with Crippen molar-refractivity contribution in [3.05, 3.63) is 36.0 Å². The number of aromatic amines is 1. The zero-order valence-corrected chi connectivity index (χ0v) is 10.1. The number of aromatic nitrogens is 1. The number of carbonyl (C=O) groups excluding carboxylic acids is 1. The smallest absolute Gasteiger partial charge is 0.224 e. The number of unbranched alkanes of at least 4 members (excludes halogenated alkanes) is 1. The highest BCUT2D eigenvalue weighted by atomic mass is 16.1. The molecule has 2 aromatic rings. The van der Waals surface area contributed by atoms with Crippen LogP contribution in [0, 0.1) is 11.3 Å². The molecule has 0 unspecified atom stereocenters. The summed E-state index contributed by atoms with van der Waals surface area (Å²) in [4.78, 5) is 14.9. The Morgan fingerprint density at radius 3 is 3.06 bits per heavy atom. The van der Waals surface area contributed by atoms with Gasteiger partial charge in [-0.3, -0.25) is 4.79 Å². The van der Waals surface area contributed by atoms with Gasteiger partial charge in [-0.15, -0.1) is 0 Å². The molecule has 4 heteroatoms. The second-order valence-electron chi connectivity index (χ2n) is 4.15. The number of benzene rings is 1. The summed E-state index contributed by atoms with van der Waals surface area (Å²) in [5.74, 6) is -0.00214. The summed E-state index contributed by atoms with van der Waals surface area (Å²) in [5.41, 5.74) is 2.05. The lowest BCUT2D eigenvalue weighted by Gasteiger charge is -2.02. The molecule has 0 aliphatic carbocycles. The SMILES string of the molecule is N#CCCCNC(=O)Cc1c[nH]c2ccccc12. The van der Waals surface area contributed by atoms with E-state index in [1.54, 1.807) is 0 Å². The number of nitrogens with one attached hydrogen (secondary N) is 2. The van der Waals surface area contributed by atoms with Gasteiger partial charge >= 0.3 is 0 Å². The molecule has 0 bridgehead atoms. The molecule has 2 N–H and O–H groups in total. The largest absolute Gasteiger partial charge is 0.361 e. The van der Waals surface area contributed by atoms with Gasteiger partial charge in [0.15, 0.2) is 0 Å². The third kappa shape index (κ3) is 2.89. The van der Waals surface area contributed by atoms with E-state index in [4.69, 9.17) is 5.26 Å². The van der Waals surface area contributed by atoms with Crippen LogP contribution in [0.4, 0.5) is 0 Å². The number of nitriles is 1. The minimum atomic E-state index is -0.00214. The number of hydrogen-bond acceptors (Lipinski definition) is 2. The van der Waals surface area contributed by atoms with Crippen LogP contribution in [0.2, 0.25) is 0 Å². The molecule has 1 aromatic heterocycles. The first-order valence-electron chi connectivity index (χ1n) is 6.00. The van der Waals surface area contributed by atoms with E-state index >= 15 is 0 Å². The fourth-order valence-corrected chi connectivity index (χ4v) is 1.91. The maximum Gasteiger partial charge on any atom is 0.224 e. The van der Waals surface area contributed by atoms with E-state index in [-0.39, 0.29) is 5.91 Å². The normalized spacial score (nSPS) is 10.2. The fraction of sp³-hybridized carbons (Fsp3) is 0.286. The lowest BCUT2D eigenvalue weighted by atomic mass is 10.1. The van der Waals surface area contributed by atoms with E-state index in [2.05, 4.69) is 16.4 Å². The first-order valence-corrected chi connectivity index (χ1v) is 6.00. The molecule has 2 rings (SSSR count). The lowest BCUT2D eigenvalue weighted by Crippen LogP contribution is -2.25. The van der Waals surface area contributed by atoms with Crippen molar-refractivity contribution in [2.24, 2.45) is 0 Å². The number of para-hydroxylation sites is 1. The molecule has 0 spiro atoms. The zero-order chi connectivity index (χ0) is 12.8. The van der Waals surface area contributed by atoms with Gasteiger partial charge in [-0.2, -0.15) is 5.26 Å². The fourth-order valence-electron chi connectivity index (χ4n) is 1.91. The summed E-state index contributed by atoms with van der Waals surface area (Å²) in [6, 6.07) is 9.97. The topological polar surface area (TPSA) is 68.7 Å². The summed E-state index contributed by atoms with van der Waals surface area (Å²) in [6.07, 6.45) is 3.43. The van der Waals surface area contributed by atoms with Crippen LogP contribution in [-0.4, -0.2) is 17.4 Å². The minimum absolute atomic E-state index is 0.00214. The van der Waals surface area contributed by atoms with Crippen LogP contribution in [0.25, 0.3) is 10.9 Å². The number of fused-ring (bicyclic) bond motifs is 1. The van der Waals surface area contributed by atoms with Crippen molar-refractivity contribution >= 4 is 16.8 Å². The van der Waals surface area contributed by atoms with Gasteiger partial charge in [-0.25, -0.2) is 0 Å². The molecule has 0 fully saturated rings. The minimum Gasteiger partial charge on any atom is -0.361 e. The Labute approximate surface area is 106 Å². The molecule has 92 valence electrons. The molecule has 0 radical (unpaired) electrons. The molecule has 0 aliphatic heterocycles. The van der Waals surface area contributed by atoms with Gasteiger partial charge < -0.3 is 10.3 Å². The molecule has 0 aliphatic rings. The van der Waals surface area contributed by atoms with E-state index in [0.29, 0.717) is 25.8 Å². The molecular weight excluding hydrogens is 226 g/mol. The molecule has 1 aromatic carbocycles. The first-order chi connectivity index (χ1) is 8.81. The van der Waals surface area contributed by atoms with Gasteiger partial charge in [0.25, 0.3) is 0 Å². The van der Waals surface area contributed by atoms with Crippen molar-refractivity contribution in [1.29, 1.82) is 5.26 Å². The molecular formula is C14H15N3O. The Balaban J connectivity index is 1.93.